The van der Waals surface area contributed by atoms with Gasteiger partial charge in [-0.1, -0.05) is 62.0 Å². The fraction of sp³-hybridized carbons (Fsp3) is 0.389. The third-order valence-corrected chi connectivity index (χ3v) is 4.48. The first-order valence-electron chi connectivity index (χ1n) is 8.06. The summed E-state index contributed by atoms with van der Waals surface area (Å²) in [6, 6.07) is 9.90. The summed E-state index contributed by atoms with van der Waals surface area (Å²) < 4.78 is 1.99. The second-order valence-corrected chi connectivity index (χ2v) is 7.28. The number of hydrogen-bond donors (Lipinski definition) is 1. The highest BCUT2D eigenvalue weighted by atomic mass is 32.2. The smallest absolute Gasteiger partial charge is 0.233 e. The molecule has 2 aromatic rings. The van der Waals surface area contributed by atoms with E-state index in [9.17, 15) is 4.79 Å². The van der Waals surface area contributed by atoms with E-state index in [4.69, 9.17) is 0 Å². The van der Waals surface area contributed by atoms with Crippen LogP contribution in [0, 0.1) is 5.92 Å². The van der Waals surface area contributed by atoms with Crippen molar-refractivity contribution in [3.05, 3.63) is 43.0 Å². The molecule has 0 saturated heterocycles. The minimum absolute atomic E-state index is 0.0168. The van der Waals surface area contributed by atoms with Gasteiger partial charge in [0.1, 0.15) is 0 Å². The van der Waals surface area contributed by atoms with Gasteiger partial charge in [-0.3, -0.25) is 9.36 Å². The molecule has 0 saturated carbocycles. The van der Waals surface area contributed by atoms with Gasteiger partial charge in [0.15, 0.2) is 11.0 Å². The van der Waals surface area contributed by atoms with Gasteiger partial charge in [-0.05, 0) is 12.8 Å². The van der Waals surface area contributed by atoms with Crippen LogP contribution in [-0.2, 0) is 11.3 Å². The molecule has 1 aromatic heterocycles. The molecule has 5 nitrogen and oxygen atoms in total. The van der Waals surface area contributed by atoms with E-state index in [-0.39, 0.29) is 11.2 Å². The van der Waals surface area contributed by atoms with E-state index in [1.54, 1.807) is 0 Å². The second-order valence-electron chi connectivity index (χ2n) is 5.97. The fourth-order valence-corrected chi connectivity index (χ4v) is 3.01. The minimum atomic E-state index is -0.236. The molecular formula is C18H24N4OS. The summed E-state index contributed by atoms with van der Waals surface area (Å²) in [5, 5.41) is 12.0. The Bertz CT molecular complexity index is 682. The van der Waals surface area contributed by atoms with Crippen LogP contribution in [0.3, 0.4) is 0 Å². The fourth-order valence-electron chi connectivity index (χ4n) is 2.13. The van der Waals surface area contributed by atoms with E-state index in [0.717, 1.165) is 16.5 Å². The van der Waals surface area contributed by atoms with Crippen molar-refractivity contribution in [2.24, 2.45) is 5.92 Å². The van der Waals surface area contributed by atoms with Crippen molar-refractivity contribution in [3.63, 3.8) is 0 Å². The maximum Gasteiger partial charge on any atom is 0.233 e. The molecule has 1 atom stereocenters. The summed E-state index contributed by atoms with van der Waals surface area (Å²) in [7, 11) is 0. The highest BCUT2D eigenvalue weighted by Gasteiger charge is 2.20. The van der Waals surface area contributed by atoms with E-state index >= 15 is 0 Å². The summed E-state index contributed by atoms with van der Waals surface area (Å²) >= 11 is 1.41. The Morgan fingerprint density at radius 2 is 2.00 bits per heavy atom. The van der Waals surface area contributed by atoms with Crippen LogP contribution in [0.4, 0.5) is 0 Å². The Morgan fingerprint density at radius 1 is 1.29 bits per heavy atom. The number of benzene rings is 1. The Hall–Kier alpha value is -2.08. The molecule has 128 valence electrons. The predicted molar refractivity (Wildman–Crippen MR) is 98.8 cm³/mol. The van der Waals surface area contributed by atoms with Gasteiger partial charge in [-0.2, -0.15) is 0 Å². The number of hydrogen-bond acceptors (Lipinski definition) is 4. The standard InChI is InChI=1S/C18H24N4OS/c1-5-11-22-16(15-9-7-6-8-10-15)20-21-18(22)24-14(4)17(23)19-12-13(2)3/h5-10,13-14H,1,11-12H2,2-4H3,(H,19,23)/t14-/m0/s1. The summed E-state index contributed by atoms with van der Waals surface area (Å²) in [5.74, 6) is 1.23. The molecule has 6 heteroatoms. The van der Waals surface area contributed by atoms with Gasteiger partial charge < -0.3 is 5.32 Å². The number of aromatic nitrogens is 3. The molecule has 0 spiro atoms. The lowest BCUT2D eigenvalue weighted by Crippen LogP contribution is -2.33. The molecule has 0 unspecified atom stereocenters. The summed E-state index contributed by atoms with van der Waals surface area (Å²) in [6.45, 7) is 11.1. The number of nitrogens with zero attached hydrogens (tertiary/aromatic N) is 3. The Kier molecular flexibility index (Phi) is 6.61. The normalized spacial score (nSPS) is 12.2. The van der Waals surface area contributed by atoms with E-state index in [2.05, 4.69) is 35.9 Å². The topological polar surface area (TPSA) is 59.8 Å². The molecule has 0 bridgehead atoms. The van der Waals surface area contributed by atoms with Crippen molar-refractivity contribution in [1.29, 1.82) is 0 Å². The van der Waals surface area contributed by atoms with Crippen LogP contribution >= 0.6 is 11.8 Å². The Balaban J connectivity index is 2.17. The zero-order chi connectivity index (χ0) is 17.5. The van der Waals surface area contributed by atoms with E-state index in [1.807, 2.05) is 47.9 Å². The maximum atomic E-state index is 12.2. The third-order valence-electron chi connectivity index (χ3n) is 3.40. The number of nitrogens with one attached hydrogen (secondary N) is 1. The van der Waals surface area contributed by atoms with E-state index in [1.165, 1.54) is 11.8 Å². The summed E-state index contributed by atoms with van der Waals surface area (Å²) in [5.41, 5.74) is 0.996. The molecule has 0 aliphatic heterocycles. The molecule has 0 radical (unpaired) electrons. The molecule has 1 N–H and O–H groups in total. The second kappa shape index (κ2) is 8.68. The minimum Gasteiger partial charge on any atom is -0.355 e. The van der Waals surface area contributed by atoms with Crippen molar-refractivity contribution in [2.75, 3.05) is 6.54 Å². The molecule has 0 aliphatic rings. The first kappa shape index (κ1) is 18.3. The molecule has 24 heavy (non-hydrogen) atoms. The number of allylic oxidation sites excluding steroid dienone is 1. The first-order chi connectivity index (χ1) is 11.5. The number of thioether (sulfide) groups is 1. The molecule has 0 fully saturated rings. The van der Waals surface area contributed by atoms with Crippen molar-refractivity contribution < 1.29 is 4.79 Å². The average Bonchev–Trinajstić information content (AvgIpc) is 2.96. The number of amides is 1. The van der Waals surface area contributed by atoms with Gasteiger partial charge in [0.2, 0.25) is 5.91 Å². The predicted octanol–water partition coefficient (Wildman–Crippen LogP) is 3.38. The van der Waals surface area contributed by atoms with Crippen molar-refractivity contribution >= 4 is 17.7 Å². The molecule has 1 heterocycles. The average molecular weight is 344 g/mol. The lowest BCUT2D eigenvalue weighted by atomic mass is 10.2. The monoisotopic (exact) mass is 344 g/mol. The van der Waals surface area contributed by atoms with Crippen molar-refractivity contribution in [1.82, 2.24) is 20.1 Å². The van der Waals surface area contributed by atoms with Crippen LogP contribution in [0.5, 0.6) is 0 Å². The van der Waals surface area contributed by atoms with Gasteiger partial charge >= 0.3 is 0 Å². The van der Waals surface area contributed by atoms with Gasteiger partial charge in [0, 0.05) is 18.7 Å². The number of rotatable bonds is 8. The molecule has 1 amide bonds. The molecule has 1 aromatic carbocycles. The number of carbonyl (C=O) groups is 1. The zero-order valence-corrected chi connectivity index (χ0v) is 15.2. The molecular weight excluding hydrogens is 320 g/mol. The Morgan fingerprint density at radius 3 is 2.62 bits per heavy atom. The van der Waals surface area contributed by atoms with Crippen LogP contribution in [0.2, 0.25) is 0 Å². The SMILES string of the molecule is C=CCn1c(S[C@@H](C)C(=O)NCC(C)C)nnc1-c1ccccc1. The largest absolute Gasteiger partial charge is 0.355 e. The summed E-state index contributed by atoms with van der Waals surface area (Å²) in [6.07, 6.45) is 1.81. The van der Waals surface area contributed by atoms with Gasteiger partial charge in [0.05, 0.1) is 5.25 Å². The van der Waals surface area contributed by atoms with Crippen LogP contribution in [-0.4, -0.2) is 32.5 Å². The quantitative estimate of drug-likeness (QED) is 0.589. The van der Waals surface area contributed by atoms with Crippen LogP contribution in [0.15, 0.2) is 48.1 Å². The van der Waals surface area contributed by atoms with E-state index in [0.29, 0.717) is 19.0 Å². The lowest BCUT2D eigenvalue weighted by molar-refractivity contribution is -0.120. The highest BCUT2D eigenvalue weighted by Crippen LogP contribution is 2.26. The van der Waals surface area contributed by atoms with Gasteiger partial charge in [-0.25, -0.2) is 0 Å². The van der Waals surface area contributed by atoms with Gasteiger partial charge in [-0.15, -0.1) is 16.8 Å². The number of carbonyl (C=O) groups excluding carboxylic acids is 1. The zero-order valence-electron chi connectivity index (χ0n) is 14.4. The van der Waals surface area contributed by atoms with Gasteiger partial charge in [0.25, 0.3) is 0 Å². The van der Waals surface area contributed by atoms with Crippen molar-refractivity contribution in [3.8, 4) is 11.4 Å². The van der Waals surface area contributed by atoms with E-state index < -0.39 is 0 Å². The molecule has 2 rings (SSSR count). The highest BCUT2D eigenvalue weighted by molar-refractivity contribution is 8.00. The third kappa shape index (κ3) is 4.71. The Labute approximate surface area is 147 Å². The van der Waals surface area contributed by atoms with Crippen LogP contribution in [0.25, 0.3) is 11.4 Å². The van der Waals surface area contributed by atoms with Crippen LogP contribution in [0.1, 0.15) is 20.8 Å². The first-order valence-corrected chi connectivity index (χ1v) is 8.94. The lowest BCUT2D eigenvalue weighted by Gasteiger charge is -2.14. The van der Waals surface area contributed by atoms with Crippen LogP contribution < -0.4 is 5.32 Å². The summed E-state index contributed by atoms with van der Waals surface area (Å²) in [4.78, 5) is 12.2. The van der Waals surface area contributed by atoms with Crippen molar-refractivity contribution in [2.45, 2.75) is 37.7 Å². The maximum absolute atomic E-state index is 12.2. The molecule has 0 aliphatic carbocycles.